The van der Waals surface area contributed by atoms with Crippen molar-refractivity contribution in [2.24, 2.45) is 17.3 Å². The van der Waals surface area contributed by atoms with Crippen molar-refractivity contribution >= 4 is 11.9 Å². The molecule has 0 spiro atoms. The van der Waals surface area contributed by atoms with Gasteiger partial charge in [-0.25, -0.2) is 0 Å². The van der Waals surface area contributed by atoms with Gasteiger partial charge in [0.25, 0.3) is 0 Å². The van der Waals surface area contributed by atoms with Crippen LogP contribution >= 0.6 is 0 Å². The summed E-state index contributed by atoms with van der Waals surface area (Å²) in [5.41, 5.74) is 0.207. The molecule has 1 aliphatic heterocycles. The number of likely N-dealkylation sites (tertiary alicyclic amines) is 1. The molecule has 1 saturated heterocycles. The van der Waals surface area contributed by atoms with E-state index in [0.717, 1.165) is 5.56 Å². The summed E-state index contributed by atoms with van der Waals surface area (Å²) in [5, 5.41) is 0. The normalized spacial score (nSPS) is 31.1. The molecule has 0 radical (unpaired) electrons. The van der Waals surface area contributed by atoms with E-state index < -0.39 is 5.41 Å². The first-order valence-electron chi connectivity index (χ1n) is 7.12. The zero-order valence-electron chi connectivity index (χ0n) is 11.8. The Morgan fingerprint density at radius 1 is 1.40 bits per heavy atom. The number of benzene rings is 1. The topological polar surface area (TPSA) is 46.6 Å². The Labute approximate surface area is 118 Å². The minimum absolute atomic E-state index is 0.0581. The van der Waals surface area contributed by atoms with E-state index in [1.54, 1.807) is 11.8 Å². The van der Waals surface area contributed by atoms with Crippen LogP contribution in [0.25, 0.3) is 0 Å². The molecule has 1 heterocycles. The SMILES string of the molecule is CCOC(=O)C12C(=O)N(Cc3ccccc3)CC1C2C. The van der Waals surface area contributed by atoms with E-state index in [9.17, 15) is 9.59 Å². The molecule has 1 aromatic carbocycles. The average Bonchev–Trinajstić information content (AvgIpc) is 2.91. The van der Waals surface area contributed by atoms with Crippen LogP contribution in [0.15, 0.2) is 30.3 Å². The van der Waals surface area contributed by atoms with Crippen LogP contribution in [-0.4, -0.2) is 29.9 Å². The van der Waals surface area contributed by atoms with Gasteiger partial charge >= 0.3 is 5.97 Å². The molecule has 1 amide bonds. The first-order valence-corrected chi connectivity index (χ1v) is 7.12. The van der Waals surface area contributed by atoms with E-state index in [0.29, 0.717) is 19.7 Å². The van der Waals surface area contributed by atoms with E-state index in [1.807, 2.05) is 37.3 Å². The van der Waals surface area contributed by atoms with Gasteiger partial charge in [-0.05, 0) is 18.4 Å². The highest BCUT2D eigenvalue weighted by Gasteiger charge is 2.77. The van der Waals surface area contributed by atoms with Gasteiger partial charge in [0, 0.05) is 19.0 Å². The highest BCUT2D eigenvalue weighted by atomic mass is 16.5. The standard InChI is InChI=1S/C16H19NO3/c1-3-20-15(19)16-11(2)13(16)10-17(14(16)18)9-12-7-5-4-6-8-12/h4-8,11,13H,3,9-10H2,1-2H3. The molecule has 3 rings (SSSR count). The third kappa shape index (κ3) is 1.67. The highest BCUT2D eigenvalue weighted by Crippen LogP contribution is 2.64. The number of rotatable bonds is 4. The van der Waals surface area contributed by atoms with Crippen molar-refractivity contribution in [3.63, 3.8) is 0 Å². The summed E-state index contributed by atoms with van der Waals surface area (Å²) >= 11 is 0. The number of piperidine rings is 1. The average molecular weight is 273 g/mol. The summed E-state index contributed by atoms with van der Waals surface area (Å²) in [6.45, 7) is 5.31. The molecule has 4 heteroatoms. The predicted molar refractivity (Wildman–Crippen MR) is 73.6 cm³/mol. The summed E-state index contributed by atoms with van der Waals surface area (Å²) in [4.78, 5) is 26.6. The van der Waals surface area contributed by atoms with Crippen LogP contribution in [0.4, 0.5) is 0 Å². The molecular weight excluding hydrogens is 254 g/mol. The van der Waals surface area contributed by atoms with Gasteiger partial charge in [0.15, 0.2) is 5.41 Å². The van der Waals surface area contributed by atoms with Crippen LogP contribution in [-0.2, 0) is 20.9 Å². The van der Waals surface area contributed by atoms with Crippen molar-refractivity contribution < 1.29 is 14.3 Å². The van der Waals surface area contributed by atoms with Crippen LogP contribution < -0.4 is 0 Å². The second-order valence-electron chi connectivity index (χ2n) is 5.66. The van der Waals surface area contributed by atoms with Crippen LogP contribution in [0.2, 0.25) is 0 Å². The molecule has 3 unspecified atom stereocenters. The Bertz CT molecular complexity index is 542. The van der Waals surface area contributed by atoms with Gasteiger partial charge in [0.2, 0.25) is 5.91 Å². The smallest absolute Gasteiger partial charge is 0.322 e. The van der Waals surface area contributed by atoms with Crippen LogP contribution in [0.5, 0.6) is 0 Å². The molecule has 106 valence electrons. The number of hydrogen-bond acceptors (Lipinski definition) is 3. The van der Waals surface area contributed by atoms with E-state index in [2.05, 4.69) is 0 Å². The van der Waals surface area contributed by atoms with E-state index in [1.165, 1.54) is 0 Å². The molecule has 0 aromatic heterocycles. The van der Waals surface area contributed by atoms with E-state index in [4.69, 9.17) is 4.74 Å². The predicted octanol–water partition coefficient (Wildman–Crippen LogP) is 1.84. The van der Waals surface area contributed by atoms with E-state index >= 15 is 0 Å². The number of hydrogen-bond donors (Lipinski definition) is 0. The molecule has 1 aromatic rings. The van der Waals surface area contributed by atoms with Crippen molar-refractivity contribution in [2.45, 2.75) is 20.4 Å². The van der Waals surface area contributed by atoms with Crippen molar-refractivity contribution in [1.82, 2.24) is 4.90 Å². The second kappa shape index (κ2) is 4.62. The molecule has 0 N–H and O–H groups in total. The highest BCUT2D eigenvalue weighted by molar-refractivity contribution is 6.08. The lowest BCUT2D eigenvalue weighted by Crippen LogP contribution is -2.37. The zero-order chi connectivity index (χ0) is 14.3. The molecule has 3 atom stereocenters. The van der Waals surface area contributed by atoms with Gasteiger partial charge in [-0.3, -0.25) is 9.59 Å². The fourth-order valence-electron chi connectivity index (χ4n) is 3.50. The van der Waals surface area contributed by atoms with Crippen molar-refractivity contribution in [3.8, 4) is 0 Å². The van der Waals surface area contributed by atoms with Gasteiger partial charge < -0.3 is 9.64 Å². The van der Waals surface area contributed by atoms with Crippen molar-refractivity contribution in [2.75, 3.05) is 13.2 Å². The molecule has 1 aliphatic carbocycles. The minimum atomic E-state index is -0.884. The largest absolute Gasteiger partial charge is 0.465 e. The molecule has 2 fully saturated rings. The Morgan fingerprint density at radius 3 is 2.75 bits per heavy atom. The number of esters is 1. The summed E-state index contributed by atoms with van der Waals surface area (Å²) in [5.74, 6) is -0.158. The lowest BCUT2D eigenvalue weighted by molar-refractivity contribution is -0.156. The molecular formula is C16H19NO3. The zero-order valence-corrected chi connectivity index (χ0v) is 11.8. The van der Waals surface area contributed by atoms with Gasteiger partial charge in [0.05, 0.1) is 6.61 Å². The Morgan fingerprint density at radius 2 is 2.10 bits per heavy atom. The quantitative estimate of drug-likeness (QED) is 0.621. The van der Waals surface area contributed by atoms with Gasteiger partial charge in [-0.1, -0.05) is 37.3 Å². The fourth-order valence-corrected chi connectivity index (χ4v) is 3.50. The Kier molecular flexibility index (Phi) is 3.04. The maximum absolute atomic E-state index is 12.6. The van der Waals surface area contributed by atoms with Crippen LogP contribution in [0.3, 0.4) is 0 Å². The minimum Gasteiger partial charge on any atom is -0.465 e. The number of amides is 1. The summed E-state index contributed by atoms with van der Waals surface area (Å²) in [7, 11) is 0. The summed E-state index contributed by atoms with van der Waals surface area (Å²) in [6, 6.07) is 9.87. The summed E-state index contributed by atoms with van der Waals surface area (Å²) in [6.07, 6.45) is 0. The van der Waals surface area contributed by atoms with Gasteiger partial charge in [-0.15, -0.1) is 0 Å². The first-order chi connectivity index (χ1) is 9.62. The van der Waals surface area contributed by atoms with Crippen molar-refractivity contribution in [3.05, 3.63) is 35.9 Å². The lowest BCUT2D eigenvalue weighted by atomic mass is 10.0. The van der Waals surface area contributed by atoms with E-state index in [-0.39, 0.29) is 23.7 Å². The van der Waals surface area contributed by atoms with Gasteiger partial charge in [0.1, 0.15) is 0 Å². The number of carbonyl (C=O) groups excluding carboxylic acids is 2. The maximum Gasteiger partial charge on any atom is 0.322 e. The molecule has 2 aliphatic rings. The van der Waals surface area contributed by atoms with Gasteiger partial charge in [-0.2, -0.15) is 0 Å². The molecule has 20 heavy (non-hydrogen) atoms. The molecule has 4 nitrogen and oxygen atoms in total. The number of nitrogens with zero attached hydrogens (tertiary/aromatic N) is 1. The monoisotopic (exact) mass is 273 g/mol. The third-order valence-electron chi connectivity index (χ3n) is 4.69. The number of fused-ring (bicyclic) bond motifs is 1. The third-order valence-corrected chi connectivity index (χ3v) is 4.69. The van der Waals surface area contributed by atoms with Crippen LogP contribution in [0.1, 0.15) is 19.4 Å². The summed E-state index contributed by atoms with van der Waals surface area (Å²) < 4.78 is 5.12. The Hall–Kier alpha value is -1.84. The molecule has 0 bridgehead atoms. The lowest BCUT2D eigenvalue weighted by Gasteiger charge is -2.22. The first kappa shape index (κ1) is 13.2. The fraction of sp³-hybridized carbons (Fsp3) is 0.500. The number of ether oxygens (including phenoxy) is 1. The number of carbonyl (C=O) groups is 2. The van der Waals surface area contributed by atoms with Crippen LogP contribution in [0, 0.1) is 17.3 Å². The Balaban J connectivity index is 1.77. The molecule has 1 saturated carbocycles. The maximum atomic E-state index is 12.6. The second-order valence-corrected chi connectivity index (χ2v) is 5.66. The van der Waals surface area contributed by atoms with Crippen molar-refractivity contribution in [1.29, 1.82) is 0 Å².